The predicted molar refractivity (Wildman–Crippen MR) is 117 cm³/mol. The van der Waals surface area contributed by atoms with E-state index in [1.165, 1.54) is 19.3 Å². The fraction of sp³-hybridized carbons (Fsp3) is 0.640. The number of rotatable bonds is 5. The number of ether oxygens (including phenoxy) is 3. The molecule has 4 aliphatic rings. The van der Waals surface area contributed by atoms with Crippen molar-refractivity contribution in [3.8, 4) is 0 Å². The van der Waals surface area contributed by atoms with E-state index in [1.807, 2.05) is 30.3 Å². The summed E-state index contributed by atoms with van der Waals surface area (Å²) in [4.78, 5) is 39.2. The number of hydrogen-bond donors (Lipinski definition) is 0. The number of hydrogen-bond acceptors (Lipinski definition) is 6. The summed E-state index contributed by atoms with van der Waals surface area (Å²) in [5.41, 5.74) is -0.523. The van der Waals surface area contributed by atoms with Crippen LogP contribution in [0.4, 0.5) is 9.59 Å². The van der Waals surface area contributed by atoms with E-state index >= 15 is 0 Å². The normalized spacial score (nSPS) is 28.2. The molecule has 0 aliphatic heterocycles. The van der Waals surface area contributed by atoms with Crippen molar-refractivity contribution in [3.05, 3.63) is 35.9 Å². The van der Waals surface area contributed by atoms with Crippen LogP contribution in [0.3, 0.4) is 0 Å². The summed E-state index contributed by atoms with van der Waals surface area (Å²) in [6.45, 7) is 4.64. The van der Waals surface area contributed by atoms with Crippen LogP contribution in [0.2, 0.25) is 0 Å². The average Bonchev–Trinajstić information content (AvgIpc) is 2.68. The molecular weight excluding hydrogens is 410 g/mol. The fourth-order valence-corrected chi connectivity index (χ4v) is 5.83. The van der Waals surface area contributed by atoms with Gasteiger partial charge in [0.05, 0.1) is 0 Å². The molecule has 5 rings (SSSR count). The highest BCUT2D eigenvalue weighted by Crippen LogP contribution is 2.57. The first-order valence-electron chi connectivity index (χ1n) is 11.5. The Morgan fingerprint density at radius 1 is 0.938 bits per heavy atom. The summed E-state index contributed by atoms with van der Waals surface area (Å²) in [6, 6.07) is 9.23. The molecule has 7 heteroatoms. The largest absolute Gasteiger partial charge is 0.459 e. The number of imide groups is 1. The molecule has 1 aromatic rings. The van der Waals surface area contributed by atoms with E-state index in [-0.39, 0.29) is 6.61 Å². The molecule has 7 nitrogen and oxygen atoms in total. The molecule has 4 bridgehead atoms. The van der Waals surface area contributed by atoms with Crippen molar-refractivity contribution in [2.75, 3.05) is 6.54 Å². The third-order valence-electron chi connectivity index (χ3n) is 6.65. The van der Waals surface area contributed by atoms with Gasteiger partial charge in [0.15, 0.2) is 0 Å². The molecule has 4 fully saturated rings. The Balaban J connectivity index is 1.43. The minimum atomic E-state index is -0.899. The predicted octanol–water partition coefficient (Wildman–Crippen LogP) is 5.07. The standard InChI is InChI=1S/C25H33NO6/c1-24(2,3)31-22(28)26(15-21(27)30-16-17-7-5-4-6-8-17)23(29)32-25-12-18-9-19(13-25)11-20(10-18)14-25/h4-8,18-20H,9-16H2,1-3H3. The number of benzene rings is 1. The summed E-state index contributed by atoms with van der Waals surface area (Å²) >= 11 is 0. The van der Waals surface area contributed by atoms with Crippen LogP contribution in [0.15, 0.2) is 30.3 Å². The van der Waals surface area contributed by atoms with E-state index in [4.69, 9.17) is 14.2 Å². The zero-order valence-electron chi connectivity index (χ0n) is 19.2. The molecule has 0 spiro atoms. The zero-order valence-corrected chi connectivity index (χ0v) is 19.2. The first-order chi connectivity index (χ1) is 15.1. The lowest BCUT2D eigenvalue weighted by Crippen LogP contribution is -2.55. The van der Waals surface area contributed by atoms with Crippen molar-refractivity contribution in [2.45, 2.75) is 77.1 Å². The second-order valence-electron chi connectivity index (χ2n) is 10.7. The van der Waals surface area contributed by atoms with Crippen molar-refractivity contribution in [2.24, 2.45) is 17.8 Å². The summed E-state index contributed by atoms with van der Waals surface area (Å²) in [5.74, 6) is 1.06. The minimum Gasteiger partial charge on any atom is -0.459 e. The molecule has 4 saturated carbocycles. The Hall–Kier alpha value is -2.57. The van der Waals surface area contributed by atoms with Gasteiger partial charge in [-0.1, -0.05) is 30.3 Å². The third kappa shape index (κ3) is 5.43. The van der Waals surface area contributed by atoms with E-state index in [1.54, 1.807) is 20.8 Å². The average molecular weight is 444 g/mol. The van der Waals surface area contributed by atoms with E-state index in [9.17, 15) is 14.4 Å². The molecule has 32 heavy (non-hydrogen) atoms. The molecule has 0 saturated heterocycles. The van der Waals surface area contributed by atoms with Gasteiger partial charge in [-0.2, -0.15) is 0 Å². The van der Waals surface area contributed by atoms with Crippen LogP contribution in [-0.4, -0.2) is 40.8 Å². The summed E-state index contributed by atoms with van der Waals surface area (Å²) < 4.78 is 16.7. The Kier molecular flexibility index (Phi) is 6.19. The van der Waals surface area contributed by atoms with Gasteiger partial charge in [0, 0.05) is 0 Å². The zero-order chi connectivity index (χ0) is 22.9. The van der Waals surface area contributed by atoms with Gasteiger partial charge in [-0.25, -0.2) is 14.5 Å². The molecule has 0 radical (unpaired) electrons. The van der Waals surface area contributed by atoms with Crippen molar-refractivity contribution >= 4 is 18.2 Å². The van der Waals surface area contributed by atoms with Gasteiger partial charge in [0.2, 0.25) is 0 Å². The van der Waals surface area contributed by atoms with Gasteiger partial charge in [-0.3, -0.25) is 4.79 Å². The fourth-order valence-electron chi connectivity index (χ4n) is 5.83. The lowest BCUT2D eigenvalue weighted by Gasteiger charge is -2.55. The van der Waals surface area contributed by atoms with E-state index in [2.05, 4.69) is 0 Å². The van der Waals surface area contributed by atoms with Crippen molar-refractivity contribution in [3.63, 3.8) is 0 Å². The van der Waals surface area contributed by atoms with Crippen LogP contribution in [0, 0.1) is 17.8 Å². The van der Waals surface area contributed by atoms with Crippen molar-refractivity contribution in [1.29, 1.82) is 0 Å². The SMILES string of the molecule is CC(C)(C)OC(=O)N(CC(=O)OCc1ccccc1)C(=O)OC12CC3CC(CC(C3)C1)C2. The van der Waals surface area contributed by atoms with Gasteiger partial charge >= 0.3 is 18.2 Å². The highest BCUT2D eigenvalue weighted by molar-refractivity contribution is 5.92. The summed E-state index contributed by atoms with van der Waals surface area (Å²) in [6.07, 6.45) is 4.42. The van der Waals surface area contributed by atoms with Crippen LogP contribution in [0.1, 0.15) is 64.9 Å². The molecule has 0 aromatic heterocycles. The van der Waals surface area contributed by atoms with Crippen LogP contribution in [-0.2, 0) is 25.6 Å². The number of nitrogens with zero attached hydrogens (tertiary/aromatic N) is 1. The van der Waals surface area contributed by atoms with Gasteiger partial charge in [-0.15, -0.1) is 0 Å². The smallest absolute Gasteiger partial charge is 0.420 e. The molecule has 0 unspecified atom stereocenters. The van der Waals surface area contributed by atoms with Crippen LogP contribution in [0.25, 0.3) is 0 Å². The topological polar surface area (TPSA) is 82.1 Å². The Bertz CT molecular complexity index is 824. The highest BCUT2D eigenvalue weighted by atomic mass is 16.6. The lowest BCUT2D eigenvalue weighted by molar-refractivity contribution is -0.149. The van der Waals surface area contributed by atoms with Crippen LogP contribution < -0.4 is 0 Å². The van der Waals surface area contributed by atoms with Gasteiger partial charge in [0.1, 0.15) is 24.4 Å². The van der Waals surface area contributed by atoms with Crippen LogP contribution >= 0.6 is 0 Å². The second kappa shape index (κ2) is 8.75. The molecule has 174 valence electrons. The molecular formula is C25H33NO6. The summed E-state index contributed by atoms with van der Waals surface area (Å²) in [7, 11) is 0. The van der Waals surface area contributed by atoms with E-state index in [0.29, 0.717) is 17.8 Å². The third-order valence-corrected chi connectivity index (χ3v) is 6.65. The number of carbonyl (C=O) groups is 3. The Labute approximate surface area is 189 Å². The monoisotopic (exact) mass is 443 g/mol. The van der Waals surface area contributed by atoms with Crippen molar-refractivity contribution < 1.29 is 28.6 Å². The second-order valence-corrected chi connectivity index (χ2v) is 10.7. The molecule has 0 atom stereocenters. The van der Waals surface area contributed by atoms with E-state index in [0.717, 1.165) is 29.7 Å². The van der Waals surface area contributed by atoms with Gasteiger partial charge in [0.25, 0.3) is 0 Å². The minimum absolute atomic E-state index is 0.0614. The number of carbonyl (C=O) groups excluding carboxylic acids is 3. The first-order valence-corrected chi connectivity index (χ1v) is 11.5. The molecule has 0 heterocycles. The Morgan fingerprint density at radius 2 is 1.50 bits per heavy atom. The van der Waals surface area contributed by atoms with Gasteiger partial charge < -0.3 is 14.2 Å². The quantitative estimate of drug-likeness (QED) is 0.467. The lowest BCUT2D eigenvalue weighted by atomic mass is 9.54. The Morgan fingerprint density at radius 3 is 2.03 bits per heavy atom. The van der Waals surface area contributed by atoms with E-state index < -0.39 is 35.9 Å². The molecule has 4 aliphatic carbocycles. The van der Waals surface area contributed by atoms with Crippen molar-refractivity contribution in [1.82, 2.24) is 4.90 Å². The molecule has 2 amide bonds. The first kappa shape index (κ1) is 22.6. The summed E-state index contributed by atoms with van der Waals surface area (Å²) in [5, 5.41) is 0. The van der Waals surface area contributed by atoms with Crippen LogP contribution in [0.5, 0.6) is 0 Å². The maximum Gasteiger partial charge on any atom is 0.420 e. The molecule has 1 aromatic carbocycles. The maximum absolute atomic E-state index is 13.2. The number of amides is 2. The van der Waals surface area contributed by atoms with Gasteiger partial charge in [-0.05, 0) is 82.6 Å². The molecule has 0 N–H and O–H groups in total. The number of esters is 1. The maximum atomic E-state index is 13.2. The highest BCUT2D eigenvalue weighted by Gasteiger charge is 2.54.